The van der Waals surface area contributed by atoms with Gasteiger partial charge in [0.25, 0.3) is 11.5 Å². The topological polar surface area (TPSA) is 78.2 Å². The van der Waals surface area contributed by atoms with E-state index in [4.69, 9.17) is 4.74 Å². The molecule has 5 rings (SSSR count). The lowest BCUT2D eigenvalue weighted by Crippen LogP contribution is -2.21. The molecule has 0 bridgehead atoms. The zero-order chi connectivity index (χ0) is 22.1. The highest BCUT2D eigenvalue weighted by atomic mass is 19.1. The number of benzene rings is 2. The minimum atomic E-state index is -0.542. The van der Waals surface area contributed by atoms with Crippen molar-refractivity contribution in [2.24, 2.45) is 0 Å². The number of hydrogen-bond donors (Lipinski definition) is 1. The Kier molecular flexibility index (Phi) is 5.28. The van der Waals surface area contributed by atoms with Crippen molar-refractivity contribution in [1.82, 2.24) is 14.3 Å². The van der Waals surface area contributed by atoms with Crippen LogP contribution < -0.4 is 10.9 Å². The lowest BCUT2D eigenvalue weighted by atomic mass is 10.1. The lowest BCUT2D eigenvalue weighted by molar-refractivity contribution is 0.0961. The average molecular weight is 432 g/mol. The maximum absolute atomic E-state index is 14.1. The largest absolute Gasteiger partial charge is 0.376 e. The Morgan fingerprint density at radius 1 is 1.12 bits per heavy atom. The summed E-state index contributed by atoms with van der Waals surface area (Å²) in [5.74, 6) is -1.08. The molecule has 0 spiro atoms. The van der Waals surface area contributed by atoms with E-state index in [0.717, 1.165) is 12.8 Å². The second kappa shape index (κ2) is 8.39. The number of fused-ring (bicyclic) bond motifs is 1. The predicted octanol–water partition coefficient (Wildman–Crippen LogP) is 3.71. The number of para-hydroxylation sites is 2. The Balaban J connectivity index is 1.61. The molecule has 3 heterocycles. The molecule has 1 N–H and O–H groups in total. The van der Waals surface area contributed by atoms with Gasteiger partial charge in [0, 0.05) is 25.5 Å². The Bertz CT molecular complexity index is 1290. The summed E-state index contributed by atoms with van der Waals surface area (Å²) in [6.07, 6.45) is 5.25. The number of hydrogen-bond acceptors (Lipinski definition) is 4. The van der Waals surface area contributed by atoms with Gasteiger partial charge in [-0.05, 0) is 37.1 Å². The minimum absolute atomic E-state index is 0.0131. The van der Waals surface area contributed by atoms with E-state index in [0.29, 0.717) is 24.4 Å². The number of carbonyl (C=O) groups excluding carboxylic acids is 1. The van der Waals surface area contributed by atoms with Crippen molar-refractivity contribution >= 4 is 11.6 Å². The van der Waals surface area contributed by atoms with Gasteiger partial charge in [-0.2, -0.15) is 9.78 Å². The fraction of sp³-hybridized carbons (Fsp3) is 0.208. The van der Waals surface area contributed by atoms with Gasteiger partial charge in [0.05, 0.1) is 28.6 Å². The van der Waals surface area contributed by atoms with Crippen LogP contribution in [-0.2, 0) is 11.3 Å². The van der Waals surface area contributed by atoms with Gasteiger partial charge in [0.15, 0.2) is 0 Å². The van der Waals surface area contributed by atoms with E-state index in [1.165, 1.54) is 16.8 Å². The van der Waals surface area contributed by atoms with Crippen molar-refractivity contribution < 1.29 is 13.9 Å². The number of halogens is 1. The van der Waals surface area contributed by atoms with Gasteiger partial charge in [0.1, 0.15) is 11.5 Å². The predicted molar refractivity (Wildman–Crippen MR) is 118 cm³/mol. The molecule has 162 valence electrons. The summed E-state index contributed by atoms with van der Waals surface area (Å²) in [4.78, 5) is 26.3. The van der Waals surface area contributed by atoms with Crippen LogP contribution in [0.5, 0.6) is 0 Å². The smallest absolute Gasteiger partial charge is 0.282 e. The molecule has 0 aliphatic carbocycles. The third-order valence-electron chi connectivity index (χ3n) is 5.53. The van der Waals surface area contributed by atoms with Gasteiger partial charge in [-0.1, -0.05) is 30.3 Å². The first-order valence-corrected chi connectivity index (χ1v) is 10.5. The number of pyridine rings is 1. The number of carbonyl (C=O) groups is 1. The van der Waals surface area contributed by atoms with Crippen LogP contribution in [0.15, 0.2) is 71.8 Å². The van der Waals surface area contributed by atoms with E-state index in [1.54, 1.807) is 41.2 Å². The summed E-state index contributed by atoms with van der Waals surface area (Å²) in [5, 5.41) is 7.04. The fourth-order valence-corrected chi connectivity index (χ4v) is 3.95. The zero-order valence-corrected chi connectivity index (χ0v) is 17.2. The van der Waals surface area contributed by atoms with E-state index >= 15 is 0 Å². The summed E-state index contributed by atoms with van der Waals surface area (Å²) in [7, 11) is 0. The molecule has 3 aliphatic rings. The molecule has 8 heteroatoms. The van der Waals surface area contributed by atoms with Crippen molar-refractivity contribution in [3.8, 4) is 16.9 Å². The molecule has 0 aromatic heterocycles. The summed E-state index contributed by atoms with van der Waals surface area (Å²) >= 11 is 0. The number of aromatic nitrogens is 3. The second-order valence-corrected chi connectivity index (χ2v) is 7.75. The highest BCUT2D eigenvalue weighted by molar-refractivity contribution is 6.08. The molecule has 0 radical (unpaired) electrons. The summed E-state index contributed by atoms with van der Waals surface area (Å²) in [5.41, 5.74) is 1.09. The van der Waals surface area contributed by atoms with Crippen molar-refractivity contribution in [3.05, 3.63) is 88.7 Å². The molecule has 1 atom stereocenters. The number of rotatable bonds is 5. The molecule has 2 aromatic rings. The monoisotopic (exact) mass is 432 g/mol. The van der Waals surface area contributed by atoms with Crippen LogP contribution >= 0.6 is 0 Å². The number of nitrogens with zero attached hydrogens (tertiary/aromatic N) is 3. The SMILES string of the molecule is O=C(Nc1ccccc1F)c1cn(CC2CCCO2)cc2c(=O)n(-c3ccccc3)nc1-2. The Morgan fingerprint density at radius 2 is 1.91 bits per heavy atom. The molecule has 0 saturated carbocycles. The molecule has 3 aliphatic heterocycles. The number of ether oxygens (including phenoxy) is 1. The molecule has 1 saturated heterocycles. The van der Waals surface area contributed by atoms with Crippen LogP contribution in [0.25, 0.3) is 16.9 Å². The van der Waals surface area contributed by atoms with E-state index in [2.05, 4.69) is 10.4 Å². The molecule has 32 heavy (non-hydrogen) atoms. The van der Waals surface area contributed by atoms with Gasteiger partial charge >= 0.3 is 0 Å². The number of anilines is 1. The van der Waals surface area contributed by atoms with Crippen LogP contribution in [0, 0.1) is 5.82 Å². The van der Waals surface area contributed by atoms with Crippen LogP contribution in [0.4, 0.5) is 10.1 Å². The quantitative estimate of drug-likeness (QED) is 0.522. The van der Waals surface area contributed by atoms with Crippen molar-refractivity contribution in [3.63, 3.8) is 0 Å². The molecular weight excluding hydrogens is 411 g/mol. The fourth-order valence-electron chi connectivity index (χ4n) is 3.95. The maximum atomic E-state index is 14.1. The summed E-state index contributed by atoms with van der Waals surface area (Å²) in [6.45, 7) is 1.21. The van der Waals surface area contributed by atoms with Crippen LogP contribution in [0.3, 0.4) is 0 Å². The van der Waals surface area contributed by atoms with Crippen molar-refractivity contribution in [1.29, 1.82) is 0 Å². The van der Waals surface area contributed by atoms with Gasteiger partial charge in [-0.25, -0.2) is 4.39 Å². The Labute approximate surface area is 183 Å². The average Bonchev–Trinajstić information content (AvgIpc) is 3.43. The van der Waals surface area contributed by atoms with Crippen LogP contribution in [-0.4, -0.2) is 33.0 Å². The van der Waals surface area contributed by atoms with Crippen LogP contribution in [0.2, 0.25) is 0 Å². The Hall–Kier alpha value is -3.78. The minimum Gasteiger partial charge on any atom is -0.376 e. The molecule has 1 fully saturated rings. The summed E-state index contributed by atoms with van der Waals surface area (Å²) < 4.78 is 22.9. The van der Waals surface area contributed by atoms with Gasteiger partial charge in [-0.3, -0.25) is 9.59 Å². The third kappa shape index (κ3) is 3.80. The van der Waals surface area contributed by atoms with Crippen molar-refractivity contribution in [2.75, 3.05) is 11.9 Å². The van der Waals surface area contributed by atoms with Gasteiger partial charge in [0.2, 0.25) is 0 Å². The second-order valence-electron chi connectivity index (χ2n) is 7.75. The van der Waals surface area contributed by atoms with E-state index in [-0.39, 0.29) is 28.6 Å². The Morgan fingerprint density at radius 3 is 2.66 bits per heavy atom. The highest BCUT2D eigenvalue weighted by Crippen LogP contribution is 2.25. The standard InChI is InChI=1S/C24H21FN4O3/c25-20-10-4-5-11-21(20)26-23(30)18-14-28(13-17-9-6-12-32-17)15-19-22(18)27-29(24(19)31)16-7-2-1-3-8-16/h1-5,7-8,10-11,14-15,17H,6,9,12-13H2,(H,26,30). The molecule has 7 nitrogen and oxygen atoms in total. The first-order valence-electron chi connectivity index (χ1n) is 10.5. The van der Waals surface area contributed by atoms with E-state index in [9.17, 15) is 14.0 Å². The molecule has 1 unspecified atom stereocenters. The summed E-state index contributed by atoms with van der Waals surface area (Å²) in [6, 6.07) is 14.9. The first kappa shape index (κ1) is 20.1. The number of amides is 1. The molecular formula is C24H21FN4O3. The third-order valence-corrected chi connectivity index (χ3v) is 5.53. The van der Waals surface area contributed by atoms with E-state index < -0.39 is 11.7 Å². The normalized spacial score (nSPS) is 15.8. The van der Waals surface area contributed by atoms with Gasteiger partial charge < -0.3 is 14.6 Å². The molecule has 1 amide bonds. The van der Waals surface area contributed by atoms with Crippen molar-refractivity contribution in [2.45, 2.75) is 25.5 Å². The van der Waals surface area contributed by atoms with Gasteiger partial charge in [-0.15, -0.1) is 0 Å². The number of nitrogens with one attached hydrogen (secondary N) is 1. The first-order chi connectivity index (χ1) is 15.6. The van der Waals surface area contributed by atoms with Crippen LogP contribution in [0.1, 0.15) is 23.2 Å². The zero-order valence-electron chi connectivity index (χ0n) is 17.2. The lowest BCUT2D eigenvalue weighted by Gasteiger charge is -2.16. The maximum Gasteiger partial charge on any atom is 0.282 e. The van der Waals surface area contributed by atoms with E-state index in [1.807, 2.05) is 18.2 Å². The molecule has 2 aromatic carbocycles. The highest BCUT2D eigenvalue weighted by Gasteiger charge is 2.26.